The molecule has 316 valence electrons. The Balaban J connectivity index is 1.14. The van der Waals surface area contributed by atoms with E-state index < -0.39 is 0 Å². The van der Waals surface area contributed by atoms with E-state index in [9.17, 15) is 4.79 Å². The summed E-state index contributed by atoms with van der Waals surface area (Å²) in [6.07, 6.45) is 54.3. The maximum Gasteiger partial charge on any atom is 0.127 e. The number of carbonyl (C=O) groups is 1. The number of hydrogen-bond donors (Lipinski definition) is 0. The highest BCUT2D eigenvalue weighted by Gasteiger charge is 2.02. The number of rotatable bonds is 44. The summed E-state index contributed by atoms with van der Waals surface area (Å²) in [5, 5.41) is 2.40. The van der Waals surface area contributed by atoms with Crippen molar-refractivity contribution in [3.63, 3.8) is 0 Å². The van der Waals surface area contributed by atoms with Crippen molar-refractivity contribution in [1.29, 1.82) is 0 Å². The van der Waals surface area contributed by atoms with Gasteiger partial charge in [0.05, 0.1) is 6.61 Å². The molecule has 0 aromatic heterocycles. The summed E-state index contributed by atoms with van der Waals surface area (Å²) >= 11 is 0. The van der Waals surface area contributed by atoms with Gasteiger partial charge in [-0.2, -0.15) is 0 Å². The zero-order valence-electron chi connectivity index (χ0n) is 36.3. The molecule has 0 heterocycles. The Labute approximate surface area is 342 Å². The summed E-state index contributed by atoms with van der Waals surface area (Å²) in [6, 6.07) is 14.6. The standard InChI is InChI=1S/C52H90O3/c53-46-39-35-33-31-29-27-25-23-21-19-17-15-13-11-9-7-5-3-1-2-4-6-8-10-12-14-16-18-20-22-24-26-28-30-32-34-36-40-47-54-48-49-55-52-45-41-43-50-42-37-38-44-51(50)52/h37-38,41-46H,1-36,39-40,47-49H2. The van der Waals surface area contributed by atoms with Crippen molar-refractivity contribution < 1.29 is 14.3 Å². The van der Waals surface area contributed by atoms with Gasteiger partial charge in [0.2, 0.25) is 0 Å². The van der Waals surface area contributed by atoms with Crippen LogP contribution < -0.4 is 4.74 Å². The van der Waals surface area contributed by atoms with Crippen LogP contribution in [-0.2, 0) is 9.53 Å². The Hall–Kier alpha value is -1.87. The van der Waals surface area contributed by atoms with Crippen LogP contribution >= 0.6 is 0 Å². The van der Waals surface area contributed by atoms with Gasteiger partial charge in [-0.25, -0.2) is 0 Å². The first-order chi connectivity index (χ1) is 27.4. The van der Waals surface area contributed by atoms with E-state index in [1.807, 2.05) is 6.07 Å². The van der Waals surface area contributed by atoms with Gasteiger partial charge < -0.3 is 14.3 Å². The molecule has 0 aliphatic carbocycles. The molecule has 0 radical (unpaired) electrons. The third-order valence-corrected chi connectivity index (χ3v) is 11.8. The molecule has 0 atom stereocenters. The number of aldehydes is 1. The molecule has 3 heteroatoms. The van der Waals surface area contributed by atoms with Crippen LogP contribution in [0.4, 0.5) is 0 Å². The van der Waals surface area contributed by atoms with Gasteiger partial charge in [-0.05, 0) is 24.3 Å². The topological polar surface area (TPSA) is 35.5 Å². The highest BCUT2D eigenvalue weighted by Crippen LogP contribution is 2.25. The van der Waals surface area contributed by atoms with Crippen LogP contribution in [0.15, 0.2) is 42.5 Å². The lowest BCUT2D eigenvalue weighted by atomic mass is 10.0. The maximum absolute atomic E-state index is 10.3. The lowest BCUT2D eigenvalue weighted by Gasteiger charge is -2.10. The maximum atomic E-state index is 10.3. The molecular formula is C52H90O3. The summed E-state index contributed by atoms with van der Waals surface area (Å²) in [5.41, 5.74) is 0. The highest BCUT2D eigenvalue weighted by molar-refractivity contribution is 5.88. The second kappa shape index (κ2) is 40.3. The van der Waals surface area contributed by atoms with Crippen molar-refractivity contribution in [2.45, 2.75) is 244 Å². The van der Waals surface area contributed by atoms with Gasteiger partial charge in [-0.15, -0.1) is 0 Å². The molecule has 0 saturated heterocycles. The molecule has 2 aromatic rings. The minimum absolute atomic E-state index is 0.616. The molecule has 0 aliphatic heterocycles. The smallest absolute Gasteiger partial charge is 0.127 e. The van der Waals surface area contributed by atoms with Crippen molar-refractivity contribution in [2.75, 3.05) is 19.8 Å². The zero-order chi connectivity index (χ0) is 38.8. The van der Waals surface area contributed by atoms with E-state index in [0.29, 0.717) is 13.2 Å². The predicted molar refractivity (Wildman–Crippen MR) is 242 cm³/mol. The van der Waals surface area contributed by atoms with E-state index >= 15 is 0 Å². The molecule has 0 bridgehead atoms. The van der Waals surface area contributed by atoms with Crippen LogP contribution in [-0.4, -0.2) is 26.1 Å². The molecular weight excluding hydrogens is 673 g/mol. The van der Waals surface area contributed by atoms with Crippen molar-refractivity contribution in [1.82, 2.24) is 0 Å². The zero-order valence-corrected chi connectivity index (χ0v) is 36.3. The SMILES string of the molecule is O=CCCCCCCCCCCCCCCCCCCCCCCCCCCCCCCCCCCCCCCCOCCOc1cccc2ccccc12. The molecule has 2 aromatic carbocycles. The lowest BCUT2D eigenvalue weighted by molar-refractivity contribution is -0.107. The molecule has 0 amide bonds. The van der Waals surface area contributed by atoms with Crippen LogP contribution in [0.5, 0.6) is 5.75 Å². The third-order valence-electron chi connectivity index (χ3n) is 11.8. The largest absolute Gasteiger partial charge is 0.491 e. The van der Waals surface area contributed by atoms with Gasteiger partial charge in [0, 0.05) is 18.4 Å². The summed E-state index contributed by atoms with van der Waals surface area (Å²) in [5.74, 6) is 0.954. The minimum atomic E-state index is 0.616. The number of hydrogen-bond acceptors (Lipinski definition) is 3. The Kier molecular flexibility index (Phi) is 36.1. The van der Waals surface area contributed by atoms with Gasteiger partial charge in [-0.1, -0.05) is 261 Å². The van der Waals surface area contributed by atoms with Gasteiger partial charge in [-0.3, -0.25) is 0 Å². The predicted octanol–water partition coefficient (Wildman–Crippen LogP) is 17.3. The van der Waals surface area contributed by atoms with E-state index in [-0.39, 0.29) is 0 Å². The molecule has 0 spiro atoms. The Morgan fingerprint density at radius 3 is 1.04 bits per heavy atom. The van der Waals surface area contributed by atoms with E-state index in [1.165, 1.54) is 242 Å². The molecule has 0 fully saturated rings. The monoisotopic (exact) mass is 763 g/mol. The van der Waals surface area contributed by atoms with E-state index in [1.54, 1.807) is 0 Å². The average Bonchev–Trinajstić information content (AvgIpc) is 3.21. The Morgan fingerprint density at radius 1 is 0.327 bits per heavy atom. The fourth-order valence-corrected chi connectivity index (χ4v) is 8.25. The number of carbonyl (C=O) groups excluding carboxylic acids is 1. The number of fused-ring (bicyclic) bond motifs is 1. The van der Waals surface area contributed by atoms with E-state index in [0.717, 1.165) is 31.5 Å². The van der Waals surface area contributed by atoms with Gasteiger partial charge in [0.25, 0.3) is 0 Å². The average molecular weight is 763 g/mol. The summed E-state index contributed by atoms with van der Waals surface area (Å²) in [4.78, 5) is 10.3. The highest BCUT2D eigenvalue weighted by atomic mass is 16.5. The first kappa shape index (κ1) is 49.3. The van der Waals surface area contributed by atoms with Crippen LogP contribution in [0.1, 0.15) is 244 Å². The van der Waals surface area contributed by atoms with E-state index in [4.69, 9.17) is 9.47 Å². The molecule has 55 heavy (non-hydrogen) atoms. The normalized spacial score (nSPS) is 11.5. The van der Waals surface area contributed by atoms with Gasteiger partial charge in [0.15, 0.2) is 0 Å². The minimum Gasteiger partial charge on any atom is -0.491 e. The molecule has 3 nitrogen and oxygen atoms in total. The van der Waals surface area contributed by atoms with Gasteiger partial charge >= 0.3 is 0 Å². The first-order valence-corrected chi connectivity index (χ1v) is 24.5. The number of benzene rings is 2. The lowest BCUT2D eigenvalue weighted by Crippen LogP contribution is -2.07. The number of unbranched alkanes of at least 4 members (excludes halogenated alkanes) is 37. The van der Waals surface area contributed by atoms with Crippen LogP contribution in [0.25, 0.3) is 10.8 Å². The molecule has 2 rings (SSSR count). The summed E-state index contributed by atoms with van der Waals surface area (Å²) < 4.78 is 11.8. The Bertz CT molecular complexity index is 1060. The third kappa shape index (κ3) is 31.9. The first-order valence-electron chi connectivity index (χ1n) is 24.5. The quantitative estimate of drug-likeness (QED) is 0.0498. The molecule has 0 unspecified atom stereocenters. The molecule has 0 N–H and O–H groups in total. The molecule has 0 saturated carbocycles. The van der Waals surface area contributed by atoms with Crippen LogP contribution in [0.2, 0.25) is 0 Å². The van der Waals surface area contributed by atoms with Crippen molar-refractivity contribution >= 4 is 17.1 Å². The van der Waals surface area contributed by atoms with Gasteiger partial charge in [0.1, 0.15) is 18.6 Å². The summed E-state index contributed by atoms with van der Waals surface area (Å²) in [7, 11) is 0. The van der Waals surface area contributed by atoms with E-state index in [2.05, 4.69) is 36.4 Å². The number of ether oxygens (including phenoxy) is 2. The second-order valence-corrected chi connectivity index (χ2v) is 17.0. The fraction of sp³-hybridized carbons (Fsp3) is 0.788. The molecule has 0 aliphatic rings. The van der Waals surface area contributed by atoms with Crippen molar-refractivity contribution in [3.8, 4) is 5.75 Å². The van der Waals surface area contributed by atoms with Crippen molar-refractivity contribution in [2.24, 2.45) is 0 Å². The fourth-order valence-electron chi connectivity index (χ4n) is 8.25. The van der Waals surface area contributed by atoms with Crippen LogP contribution in [0, 0.1) is 0 Å². The second-order valence-electron chi connectivity index (χ2n) is 17.0. The van der Waals surface area contributed by atoms with Crippen LogP contribution in [0.3, 0.4) is 0 Å². The summed E-state index contributed by atoms with van der Waals surface area (Å²) in [6.45, 7) is 2.14. The van der Waals surface area contributed by atoms with Crippen molar-refractivity contribution in [3.05, 3.63) is 42.5 Å². The Morgan fingerprint density at radius 2 is 0.655 bits per heavy atom.